The number of carbonyl (C=O) groups excluding carboxylic acids is 2. The molecule has 0 radical (unpaired) electrons. The summed E-state index contributed by atoms with van der Waals surface area (Å²) in [6.07, 6.45) is -0.142. The van der Waals surface area contributed by atoms with E-state index in [1.54, 1.807) is 30.3 Å². The Morgan fingerprint density at radius 3 is 2.26 bits per heavy atom. The summed E-state index contributed by atoms with van der Waals surface area (Å²) in [5.74, 6) is -0.253. The number of halogens is 3. The minimum Gasteiger partial charge on any atom is -0.489 e. The Bertz CT molecular complexity index is 1150. The van der Waals surface area contributed by atoms with Gasteiger partial charge in [0.05, 0.1) is 17.7 Å². The molecule has 10 heteroatoms. The van der Waals surface area contributed by atoms with Crippen LogP contribution in [-0.2, 0) is 11.2 Å². The molecule has 0 spiro atoms. The van der Waals surface area contributed by atoms with Crippen LogP contribution in [0.4, 0.5) is 13.2 Å². The zero-order valence-electron chi connectivity index (χ0n) is 23.0. The van der Waals surface area contributed by atoms with Crippen LogP contribution in [0, 0.1) is 0 Å². The fraction of sp³-hybridized carbons (Fsp3) is 0.414. The molecule has 7 nitrogen and oxygen atoms in total. The van der Waals surface area contributed by atoms with E-state index in [-0.39, 0.29) is 30.1 Å². The third-order valence-electron chi connectivity index (χ3n) is 5.89. The predicted octanol–water partition coefficient (Wildman–Crippen LogP) is 6.04. The normalized spacial score (nSPS) is 14.5. The first-order chi connectivity index (χ1) is 18.6. The van der Waals surface area contributed by atoms with Crippen LogP contribution in [0.5, 0.6) is 11.5 Å². The summed E-state index contributed by atoms with van der Waals surface area (Å²) in [7, 11) is 1.56. The number of piperidine rings is 1. The van der Waals surface area contributed by atoms with E-state index in [1.165, 1.54) is 24.3 Å². The Labute approximate surface area is 227 Å². The predicted molar refractivity (Wildman–Crippen MR) is 146 cm³/mol. The fourth-order valence-electron chi connectivity index (χ4n) is 4.06. The average Bonchev–Trinajstić information content (AvgIpc) is 2.93. The van der Waals surface area contributed by atoms with E-state index < -0.39 is 6.36 Å². The maximum absolute atomic E-state index is 12.7. The Kier molecular flexibility index (Phi) is 12.0. The van der Waals surface area contributed by atoms with Crippen LogP contribution >= 0.6 is 0 Å². The molecule has 0 aliphatic carbocycles. The molecule has 1 aliphatic heterocycles. The molecule has 0 unspecified atom stereocenters. The van der Waals surface area contributed by atoms with E-state index in [2.05, 4.69) is 15.0 Å². The smallest absolute Gasteiger partial charge is 0.489 e. The number of nitrogens with one attached hydrogen (secondary N) is 1. The molecule has 1 fully saturated rings. The molecule has 2 aromatic carbocycles. The van der Waals surface area contributed by atoms with Crippen molar-refractivity contribution in [3.63, 3.8) is 0 Å². The number of amides is 2. The van der Waals surface area contributed by atoms with E-state index >= 15 is 0 Å². The first-order valence-corrected chi connectivity index (χ1v) is 12.9. The van der Waals surface area contributed by atoms with Gasteiger partial charge < -0.3 is 19.7 Å². The third-order valence-corrected chi connectivity index (χ3v) is 5.89. The zero-order chi connectivity index (χ0) is 29.0. The van der Waals surface area contributed by atoms with E-state index in [0.29, 0.717) is 42.8 Å². The number of likely N-dealkylation sites (tertiary alicyclic amines) is 1. The highest BCUT2D eigenvalue weighted by molar-refractivity contribution is 5.97. The molecule has 212 valence electrons. The fourth-order valence-corrected chi connectivity index (χ4v) is 4.06. The van der Waals surface area contributed by atoms with Gasteiger partial charge in [-0.15, -0.1) is 13.2 Å². The summed E-state index contributed by atoms with van der Waals surface area (Å²) in [5, 5.41) is 2.64. The highest BCUT2D eigenvalue weighted by Crippen LogP contribution is 2.28. The van der Waals surface area contributed by atoms with Crippen LogP contribution in [-0.4, -0.2) is 55.5 Å². The van der Waals surface area contributed by atoms with Gasteiger partial charge in [0.15, 0.2) is 0 Å². The first kappa shape index (κ1) is 31.4. The highest BCUT2D eigenvalue weighted by atomic mass is 19.4. The van der Waals surface area contributed by atoms with Crippen molar-refractivity contribution >= 4 is 23.7 Å². The number of alkyl halides is 3. The first-order valence-electron chi connectivity index (χ1n) is 12.9. The van der Waals surface area contributed by atoms with Crippen molar-refractivity contribution < 1.29 is 32.2 Å². The van der Waals surface area contributed by atoms with Gasteiger partial charge in [0.1, 0.15) is 17.6 Å². The number of aliphatic imine (C=N–C) groups is 1. The van der Waals surface area contributed by atoms with Gasteiger partial charge in [0.2, 0.25) is 5.91 Å². The van der Waals surface area contributed by atoms with Gasteiger partial charge in [-0.05, 0) is 49.7 Å². The van der Waals surface area contributed by atoms with Crippen molar-refractivity contribution in [1.29, 1.82) is 0 Å². The van der Waals surface area contributed by atoms with Gasteiger partial charge in [-0.1, -0.05) is 32.1 Å². The number of ether oxygens (including phenoxy) is 2. The molecule has 1 aliphatic rings. The lowest BCUT2D eigenvalue weighted by Gasteiger charge is -2.32. The summed E-state index contributed by atoms with van der Waals surface area (Å²) in [6.45, 7) is 8.64. The molecule has 1 saturated heterocycles. The Balaban J connectivity index is 0.00000260. The molecule has 2 amide bonds. The maximum Gasteiger partial charge on any atom is 0.573 e. The molecule has 39 heavy (non-hydrogen) atoms. The number of benzene rings is 2. The third kappa shape index (κ3) is 9.46. The number of hydrogen-bond acceptors (Lipinski definition) is 5. The van der Waals surface area contributed by atoms with Crippen LogP contribution in [0.2, 0.25) is 0 Å². The molecule has 0 bridgehead atoms. The molecular weight excluding hydrogens is 511 g/mol. The van der Waals surface area contributed by atoms with Crippen molar-refractivity contribution in [2.24, 2.45) is 4.99 Å². The van der Waals surface area contributed by atoms with Gasteiger partial charge in [-0.2, -0.15) is 0 Å². The Hall–Kier alpha value is -3.82. The zero-order valence-corrected chi connectivity index (χ0v) is 23.0. The standard InChI is InChI=1S/C27H30F3N3O4.C2H6/c1-4-23(32-5-2)19-8-11-24(22(17-19)26(35)31-3)36-20-12-14-33(15-13-20)25(34)16-18-6-9-21(10-7-18)37-27(28,29)30;1-2/h4-11,17,20H,12-16H2,1-3H3,(H,31,35);1-2H3/b23-4-,32-5?;. The van der Waals surface area contributed by atoms with E-state index in [9.17, 15) is 22.8 Å². The van der Waals surface area contributed by atoms with Gasteiger partial charge >= 0.3 is 6.36 Å². The minimum atomic E-state index is -4.76. The molecule has 1 heterocycles. The summed E-state index contributed by atoms with van der Waals surface area (Å²) < 4.78 is 47.0. The molecule has 0 saturated carbocycles. The second-order valence-electron chi connectivity index (χ2n) is 8.42. The monoisotopic (exact) mass is 547 g/mol. The van der Waals surface area contributed by atoms with E-state index in [1.807, 2.05) is 39.8 Å². The molecule has 3 rings (SSSR count). The Morgan fingerprint density at radius 1 is 1.08 bits per heavy atom. The van der Waals surface area contributed by atoms with Crippen LogP contribution in [0.25, 0.3) is 5.70 Å². The lowest BCUT2D eigenvalue weighted by molar-refractivity contribution is -0.274. The van der Waals surface area contributed by atoms with Crippen LogP contribution < -0.4 is 14.8 Å². The van der Waals surface area contributed by atoms with Crippen LogP contribution in [0.15, 0.2) is 53.5 Å². The van der Waals surface area contributed by atoms with Crippen molar-refractivity contribution in [1.82, 2.24) is 10.2 Å². The molecule has 0 aromatic heterocycles. The topological polar surface area (TPSA) is 80.2 Å². The molecular formula is C29H36F3N3O4. The molecule has 2 aromatic rings. The summed E-state index contributed by atoms with van der Waals surface area (Å²) in [6, 6.07) is 10.7. The number of carbonyl (C=O) groups is 2. The summed E-state index contributed by atoms with van der Waals surface area (Å²) in [4.78, 5) is 31.3. The van der Waals surface area contributed by atoms with E-state index in [0.717, 1.165) is 11.3 Å². The van der Waals surface area contributed by atoms with Crippen molar-refractivity contribution in [3.05, 3.63) is 65.2 Å². The second-order valence-corrected chi connectivity index (χ2v) is 8.42. The average molecular weight is 548 g/mol. The number of hydrogen-bond donors (Lipinski definition) is 1. The lowest BCUT2D eigenvalue weighted by atomic mass is 10.0. The van der Waals surface area contributed by atoms with Crippen molar-refractivity contribution in [2.75, 3.05) is 20.1 Å². The number of nitrogens with zero attached hydrogens (tertiary/aromatic N) is 2. The van der Waals surface area contributed by atoms with Gasteiger partial charge in [-0.3, -0.25) is 14.6 Å². The van der Waals surface area contributed by atoms with Gasteiger partial charge in [0, 0.05) is 44.8 Å². The quantitative estimate of drug-likeness (QED) is 0.409. The highest BCUT2D eigenvalue weighted by Gasteiger charge is 2.31. The summed E-state index contributed by atoms with van der Waals surface area (Å²) in [5.41, 5.74) is 2.54. The molecule has 1 N–H and O–H groups in total. The largest absolute Gasteiger partial charge is 0.573 e. The van der Waals surface area contributed by atoms with Gasteiger partial charge in [-0.25, -0.2) is 0 Å². The minimum absolute atomic E-state index is 0.0770. The second kappa shape index (κ2) is 14.9. The Morgan fingerprint density at radius 2 is 1.72 bits per heavy atom. The van der Waals surface area contributed by atoms with Gasteiger partial charge in [0.25, 0.3) is 5.91 Å². The lowest BCUT2D eigenvalue weighted by Crippen LogP contribution is -2.42. The number of rotatable bonds is 8. The van der Waals surface area contributed by atoms with Crippen LogP contribution in [0.3, 0.4) is 0 Å². The van der Waals surface area contributed by atoms with Crippen LogP contribution in [0.1, 0.15) is 62.0 Å². The maximum atomic E-state index is 12.7. The summed E-state index contributed by atoms with van der Waals surface area (Å²) >= 11 is 0. The van der Waals surface area contributed by atoms with Crippen molar-refractivity contribution in [3.8, 4) is 11.5 Å². The van der Waals surface area contributed by atoms with Crippen molar-refractivity contribution in [2.45, 2.75) is 59.4 Å². The SMILES string of the molecule is CC.CC=N/C(=C\C)c1ccc(OC2CCN(C(=O)Cc3ccc(OC(F)(F)F)cc3)CC2)c(C(=O)NC)c1. The molecule has 0 atom stereocenters. The van der Waals surface area contributed by atoms with E-state index in [4.69, 9.17) is 4.74 Å². The number of allylic oxidation sites excluding steroid dienone is 1.